The van der Waals surface area contributed by atoms with Crippen LogP contribution in [0.4, 0.5) is 0 Å². The van der Waals surface area contributed by atoms with E-state index in [-0.39, 0.29) is 30.8 Å². The van der Waals surface area contributed by atoms with Crippen LogP contribution in [0.15, 0.2) is 30.3 Å². The number of hydrogen-bond acceptors (Lipinski definition) is 3. The molecule has 4 heteroatoms. The molecule has 1 saturated carbocycles. The van der Waals surface area contributed by atoms with Gasteiger partial charge in [-0.1, -0.05) is 30.3 Å². The van der Waals surface area contributed by atoms with Crippen LogP contribution in [-0.2, 0) is 14.3 Å². The second kappa shape index (κ2) is 6.36. The van der Waals surface area contributed by atoms with Crippen molar-refractivity contribution in [2.45, 2.75) is 38.1 Å². The van der Waals surface area contributed by atoms with E-state index >= 15 is 0 Å². The number of amides is 1. The zero-order chi connectivity index (χ0) is 13.7. The van der Waals surface area contributed by atoms with Gasteiger partial charge in [0.15, 0.2) is 0 Å². The molecule has 4 nitrogen and oxygen atoms in total. The van der Waals surface area contributed by atoms with Crippen LogP contribution in [0.1, 0.15) is 37.7 Å². The van der Waals surface area contributed by atoms with Crippen molar-refractivity contribution < 1.29 is 14.3 Å². The van der Waals surface area contributed by atoms with E-state index in [1.54, 1.807) is 6.92 Å². The van der Waals surface area contributed by atoms with Crippen molar-refractivity contribution in [2.75, 3.05) is 6.61 Å². The van der Waals surface area contributed by atoms with Crippen LogP contribution in [0.3, 0.4) is 0 Å². The summed E-state index contributed by atoms with van der Waals surface area (Å²) in [7, 11) is 0. The van der Waals surface area contributed by atoms with Gasteiger partial charge >= 0.3 is 5.97 Å². The van der Waals surface area contributed by atoms with E-state index in [0.29, 0.717) is 12.5 Å². The molecule has 2 rings (SSSR count). The van der Waals surface area contributed by atoms with Crippen LogP contribution < -0.4 is 5.32 Å². The van der Waals surface area contributed by atoms with Crippen molar-refractivity contribution in [1.82, 2.24) is 5.32 Å². The third-order valence-electron chi connectivity index (χ3n) is 3.23. The minimum atomic E-state index is -0.312. The molecule has 1 aliphatic carbocycles. The Hall–Kier alpha value is -1.84. The summed E-state index contributed by atoms with van der Waals surface area (Å²) in [5.74, 6) is 0.0392. The molecule has 0 saturated heterocycles. The molecule has 0 heterocycles. The highest BCUT2D eigenvalue weighted by Crippen LogP contribution is 2.40. The number of ether oxygens (including phenoxy) is 1. The minimum Gasteiger partial charge on any atom is -0.466 e. The maximum Gasteiger partial charge on any atom is 0.306 e. The van der Waals surface area contributed by atoms with Gasteiger partial charge in [-0.25, -0.2) is 0 Å². The smallest absolute Gasteiger partial charge is 0.306 e. The Balaban J connectivity index is 1.69. The predicted octanol–water partition coefficient (Wildman–Crippen LogP) is 2.00. The van der Waals surface area contributed by atoms with Crippen LogP contribution >= 0.6 is 0 Å². The summed E-state index contributed by atoms with van der Waals surface area (Å²) in [5.41, 5.74) is 1.26. The summed E-state index contributed by atoms with van der Waals surface area (Å²) in [6.45, 7) is 2.12. The summed E-state index contributed by atoms with van der Waals surface area (Å²) in [4.78, 5) is 22.8. The Morgan fingerprint density at radius 3 is 2.68 bits per heavy atom. The van der Waals surface area contributed by atoms with Gasteiger partial charge in [0.2, 0.25) is 5.91 Å². The van der Waals surface area contributed by atoms with E-state index in [4.69, 9.17) is 4.74 Å². The van der Waals surface area contributed by atoms with E-state index in [2.05, 4.69) is 17.4 Å². The first-order valence-electron chi connectivity index (χ1n) is 6.70. The van der Waals surface area contributed by atoms with Crippen molar-refractivity contribution in [3.05, 3.63) is 35.9 Å². The third-order valence-corrected chi connectivity index (χ3v) is 3.23. The highest BCUT2D eigenvalue weighted by atomic mass is 16.5. The average Bonchev–Trinajstić information content (AvgIpc) is 3.17. The molecule has 0 aliphatic heterocycles. The fraction of sp³-hybridized carbons (Fsp3) is 0.467. The lowest BCUT2D eigenvalue weighted by Gasteiger charge is -2.05. The predicted molar refractivity (Wildman–Crippen MR) is 71.6 cm³/mol. The Kier molecular flexibility index (Phi) is 4.55. The molecule has 2 unspecified atom stereocenters. The first kappa shape index (κ1) is 13.6. The first-order valence-corrected chi connectivity index (χ1v) is 6.70. The molecule has 1 N–H and O–H groups in total. The number of hydrogen-bond donors (Lipinski definition) is 1. The van der Waals surface area contributed by atoms with E-state index in [1.807, 2.05) is 18.2 Å². The number of esters is 1. The average molecular weight is 261 g/mol. The molecule has 1 aromatic rings. The maximum atomic E-state index is 11.7. The van der Waals surface area contributed by atoms with Gasteiger partial charge in [0.1, 0.15) is 0 Å². The number of benzene rings is 1. The summed E-state index contributed by atoms with van der Waals surface area (Å²) >= 11 is 0. The van der Waals surface area contributed by atoms with Crippen molar-refractivity contribution in [2.24, 2.45) is 0 Å². The number of nitrogens with one attached hydrogen (secondary N) is 1. The Morgan fingerprint density at radius 2 is 2.00 bits per heavy atom. The second-order valence-electron chi connectivity index (χ2n) is 4.73. The maximum absolute atomic E-state index is 11.7. The first-order chi connectivity index (χ1) is 9.20. The van der Waals surface area contributed by atoms with Crippen LogP contribution in [0.2, 0.25) is 0 Å². The van der Waals surface area contributed by atoms with Gasteiger partial charge in [-0.3, -0.25) is 9.59 Å². The quantitative estimate of drug-likeness (QED) is 0.797. The SMILES string of the molecule is CCOC(=O)CCC(=O)NC1CC1c1ccccc1. The van der Waals surface area contributed by atoms with Gasteiger partial charge in [-0.05, 0) is 18.9 Å². The molecule has 0 bridgehead atoms. The van der Waals surface area contributed by atoms with Crippen LogP contribution in [-0.4, -0.2) is 24.5 Å². The molecule has 0 radical (unpaired) electrons. The Morgan fingerprint density at radius 1 is 1.26 bits per heavy atom. The molecule has 0 spiro atoms. The standard InChI is InChI=1S/C15H19NO3/c1-2-19-15(18)9-8-14(17)16-13-10-12(13)11-6-4-3-5-7-11/h3-7,12-13H,2,8-10H2,1H3,(H,16,17). The highest BCUT2D eigenvalue weighted by Gasteiger charge is 2.39. The van der Waals surface area contributed by atoms with Crippen LogP contribution in [0, 0.1) is 0 Å². The molecule has 1 fully saturated rings. The zero-order valence-electron chi connectivity index (χ0n) is 11.1. The fourth-order valence-electron chi connectivity index (χ4n) is 2.15. The van der Waals surface area contributed by atoms with Gasteiger partial charge < -0.3 is 10.1 Å². The summed E-state index contributed by atoms with van der Waals surface area (Å²) in [5, 5.41) is 2.95. The molecule has 1 aliphatic rings. The normalized spacial score (nSPS) is 20.7. The molecule has 19 heavy (non-hydrogen) atoms. The minimum absolute atomic E-state index is 0.0727. The van der Waals surface area contributed by atoms with Gasteiger partial charge in [-0.15, -0.1) is 0 Å². The van der Waals surface area contributed by atoms with E-state index < -0.39 is 0 Å². The van der Waals surface area contributed by atoms with Gasteiger partial charge in [-0.2, -0.15) is 0 Å². The lowest BCUT2D eigenvalue weighted by molar-refractivity contribution is -0.144. The van der Waals surface area contributed by atoms with Crippen LogP contribution in [0.25, 0.3) is 0 Å². The Bertz CT molecular complexity index is 444. The van der Waals surface area contributed by atoms with Crippen LogP contribution in [0.5, 0.6) is 0 Å². The van der Waals surface area contributed by atoms with Crippen molar-refractivity contribution >= 4 is 11.9 Å². The topological polar surface area (TPSA) is 55.4 Å². The lowest BCUT2D eigenvalue weighted by atomic mass is 10.1. The molecule has 2 atom stereocenters. The summed E-state index contributed by atoms with van der Waals surface area (Å²) < 4.78 is 4.78. The molecule has 1 aromatic carbocycles. The second-order valence-corrected chi connectivity index (χ2v) is 4.73. The van der Waals surface area contributed by atoms with Crippen molar-refractivity contribution in [1.29, 1.82) is 0 Å². The zero-order valence-corrected chi connectivity index (χ0v) is 11.1. The van der Waals surface area contributed by atoms with E-state index in [0.717, 1.165) is 6.42 Å². The summed E-state index contributed by atoms with van der Waals surface area (Å²) in [6.07, 6.45) is 1.34. The van der Waals surface area contributed by atoms with Crippen molar-refractivity contribution in [3.63, 3.8) is 0 Å². The van der Waals surface area contributed by atoms with Gasteiger partial charge in [0.25, 0.3) is 0 Å². The summed E-state index contributed by atoms with van der Waals surface area (Å²) in [6, 6.07) is 10.4. The lowest BCUT2D eigenvalue weighted by Crippen LogP contribution is -2.27. The molecule has 102 valence electrons. The Labute approximate surface area is 113 Å². The monoisotopic (exact) mass is 261 g/mol. The molecule has 1 amide bonds. The molecular formula is C15H19NO3. The molecular weight excluding hydrogens is 242 g/mol. The molecule has 0 aromatic heterocycles. The van der Waals surface area contributed by atoms with Gasteiger partial charge in [0.05, 0.1) is 13.0 Å². The largest absolute Gasteiger partial charge is 0.466 e. The fourth-order valence-corrected chi connectivity index (χ4v) is 2.15. The number of carbonyl (C=O) groups is 2. The van der Waals surface area contributed by atoms with Crippen molar-refractivity contribution in [3.8, 4) is 0 Å². The van der Waals surface area contributed by atoms with E-state index in [9.17, 15) is 9.59 Å². The van der Waals surface area contributed by atoms with E-state index in [1.165, 1.54) is 5.56 Å². The highest BCUT2D eigenvalue weighted by molar-refractivity contribution is 5.81. The number of carbonyl (C=O) groups excluding carboxylic acids is 2. The van der Waals surface area contributed by atoms with Gasteiger partial charge in [0, 0.05) is 18.4 Å². The number of rotatable bonds is 6. The third kappa shape index (κ3) is 4.09.